The van der Waals surface area contributed by atoms with Gasteiger partial charge in [-0.2, -0.15) is 0 Å². The SMILES string of the molecule is c1ccc2c(c1)c1ccccc1c1cc(-c3ccc4ccsc4c3)ccc21. The second-order valence-electron chi connectivity index (χ2n) is 7.02. The smallest absolute Gasteiger partial charge is 0.0348 e. The van der Waals surface area contributed by atoms with Crippen molar-refractivity contribution in [3.8, 4) is 11.1 Å². The van der Waals surface area contributed by atoms with Gasteiger partial charge in [0.25, 0.3) is 0 Å². The van der Waals surface area contributed by atoms with Crippen molar-refractivity contribution in [2.24, 2.45) is 0 Å². The van der Waals surface area contributed by atoms with Gasteiger partial charge in [-0.1, -0.05) is 72.8 Å². The van der Waals surface area contributed by atoms with Crippen LogP contribution in [0.4, 0.5) is 0 Å². The van der Waals surface area contributed by atoms with Gasteiger partial charge in [-0.3, -0.25) is 0 Å². The van der Waals surface area contributed by atoms with Crippen molar-refractivity contribution < 1.29 is 0 Å². The Labute approximate surface area is 161 Å². The first-order valence-corrected chi connectivity index (χ1v) is 10.1. The van der Waals surface area contributed by atoms with Crippen molar-refractivity contribution in [3.05, 3.63) is 96.4 Å². The highest BCUT2D eigenvalue weighted by atomic mass is 32.1. The molecule has 27 heavy (non-hydrogen) atoms. The molecule has 0 aliphatic rings. The van der Waals surface area contributed by atoms with Crippen LogP contribution in [0.2, 0.25) is 0 Å². The fraction of sp³-hybridized carbons (Fsp3) is 0. The molecule has 0 amide bonds. The fourth-order valence-electron chi connectivity index (χ4n) is 4.22. The van der Waals surface area contributed by atoms with Crippen LogP contribution in [0.25, 0.3) is 53.5 Å². The van der Waals surface area contributed by atoms with Crippen molar-refractivity contribution in [1.29, 1.82) is 0 Å². The van der Waals surface area contributed by atoms with Gasteiger partial charge >= 0.3 is 0 Å². The molecule has 0 saturated heterocycles. The minimum atomic E-state index is 1.28. The van der Waals surface area contributed by atoms with Gasteiger partial charge < -0.3 is 0 Å². The van der Waals surface area contributed by atoms with Gasteiger partial charge in [0.2, 0.25) is 0 Å². The van der Waals surface area contributed by atoms with E-state index in [-0.39, 0.29) is 0 Å². The van der Waals surface area contributed by atoms with Crippen LogP contribution in [0, 0.1) is 0 Å². The largest absolute Gasteiger partial charge is 0.144 e. The van der Waals surface area contributed by atoms with Crippen LogP contribution in [-0.2, 0) is 0 Å². The number of fused-ring (bicyclic) bond motifs is 7. The van der Waals surface area contributed by atoms with Crippen molar-refractivity contribution in [3.63, 3.8) is 0 Å². The van der Waals surface area contributed by atoms with Gasteiger partial charge in [0.05, 0.1) is 0 Å². The molecule has 5 aromatic carbocycles. The topological polar surface area (TPSA) is 0 Å². The molecule has 0 nitrogen and oxygen atoms in total. The zero-order valence-corrected chi connectivity index (χ0v) is 15.5. The standard InChI is InChI=1S/C26H16S/c1-2-7-22-20(5-1)21-6-3-4-8-23(21)25-15-18(11-12-24(22)25)19-10-9-17-13-14-27-26(17)16-19/h1-16H. The molecule has 0 N–H and O–H groups in total. The molecule has 6 aromatic rings. The third-order valence-corrected chi connectivity index (χ3v) is 6.41. The highest BCUT2D eigenvalue weighted by Crippen LogP contribution is 2.37. The van der Waals surface area contributed by atoms with E-state index in [4.69, 9.17) is 0 Å². The van der Waals surface area contributed by atoms with E-state index < -0.39 is 0 Å². The summed E-state index contributed by atoms with van der Waals surface area (Å²) in [5, 5.41) is 11.4. The van der Waals surface area contributed by atoms with Crippen molar-refractivity contribution in [1.82, 2.24) is 0 Å². The van der Waals surface area contributed by atoms with Gasteiger partial charge in [-0.15, -0.1) is 11.3 Å². The molecule has 1 heterocycles. The maximum absolute atomic E-state index is 2.36. The van der Waals surface area contributed by atoms with Crippen LogP contribution in [0.3, 0.4) is 0 Å². The van der Waals surface area contributed by atoms with Gasteiger partial charge in [0.15, 0.2) is 0 Å². The van der Waals surface area contributed by atoms with Crippen LogP contribution in [0.1, 0.15) is 0 Å². The zero-order chi connectivity index (χ0) is 17.8. The summed E-state index contributed by atoms with van der Waals surface area (Å²) < 4.78 is 1.34. The van der Waals surface area contributed by atoms with E-state index >= 15 is 0 Å². The molecule has 0 radical (unpaired) electrons. The molecule has 0 aliphatic carbocycles. The molecule has 126 valence electrons. The number of hydrogen-bond donors (Lipinski definition) is 0. The molecule has 0 aliphatic heterocycles. The van der Waals surface area contributed by atoms with E-state index in [1.807, 2.05) is 0 Å². The van der Waals surface area contributed by atoms with Crippen molar-refractivity contribution in [2.75, 3.05) is 0 Å². The summed E-state index contributed by atoms with van der Waals surface area (Å²) in [6.07, 6.45) is 0. The molecule has 0 spiro atoms. The fourth-order valence-corrected chi connectivity index (χ4v) is 5.05. The number of benzene rings is 5. The Bertz CT molecular complexity index is 1430. The Morgan fingerprint density at radius 3 is 1.70 bits per heavy atom. The lowest BCUT2D eigenvalue weighted by molar-refractivity contribution is 1.71. The summed E-state index contributed by atoms with van der Waals surface area (Å²) in [6, 6.07) is 33.4. The second kappa shape index (κ2) is 5.67. The minimum absolute atomic E-state index is 1.28. The lowest BCUT2D eigenvalue weighted by Crippen LogP contribution is -1.84. The molecule has 0 bridgehead atoms. The molecule has 0 atom stereocenters. The van der Waals surface area contributed by atoms with E-state index in [2.05, 4.69) is 96.4 Å². The monoisotopic (exact) mass is 360 g/mol. The number of rotatable bonds is 1. The Balaban J connectivity index is 1.72. The van der Waals surface area contributed by atoms with E-state index in [9.17, 15) is 0 Å². The molecular formula is C26H16S. The first-order chi connectivity index (χ1) is 13.4. The summed E-state index contributed by atoms with van der Waals surface area (Å²) in [6.45, 7) is 0. The molecule has 0 unspecified atom stereocenters. The predicted octanol–water partition coefficient (Wildman–Crippen LogP) is 8.03. The summed E-state index contributed by atoms with van der Waals surface area (Å²) in [4.78, 5) is 0. The third-order valence-electron chi connectivity index (χ3n) is 5.53. The summed E-state index contributed by atoms with van der Waals surface area (Å²) in [7, 11) is 0. The highest BCUT2D eigenvalue weighted by Gasteiger charge is 2.09. The van der Waals surface area contributed by atoms with Crippen molar-refractivity contribution >= 4 is 53.7 Å². The van der Waals surface area contributed by atoms with Gasteiger partial charge in [0.1, 0.15) is 0 Å². The quantitative estimate of drug-likeness (QED) is 0.260. The number of thiophene rings is 1. The summed E-state index contributed by atoms with van der Waals surface area (Å²) in [5.41, 5.74) is 2.56. The third kappa shape index (κ3) is 2.22. The van der Waals surface area contributed by atoms with Crippen LogP contribution in [0.5, 0.6) is 0 Å². The van der Waals surface area contributed by atoms with Gasteiger partial charge in [-0.25, -0.2) is 0 Å². The molecule has 1 aromatic heterocycles. The maximum Gasteiger partial charge on any atom is 0.0348 e. The Morgan fingerprint density at radius 2 is 1.00 bits per heavy atom. The average molecular weight is 360 g/mol. The van der Waals surface area contributed by atoms with E-state index in [1.165, 1.54) is 53.5 Å². The normalized spacial score (nSPS) is 11.7. The minimum Gasteiger partial charge on any atom is -0.144 e. The van der Waals surface area contributed by atoms with Gasteiger partial charge in [0, 0.05) is 4.70 Å². The van der Waals surface area contributed by atoms with Crippen LogP contribution >= 0.6 is 11.3 Å². The molecule has 0 fully saturated rings. The van der Waals surface area contributed by atoms with E-state index in [0.29, 0.717) is 0 Å². The Morgan fingerprint density at radius 1 is 0.444 bits per heavy atom. The number of hydrogen-bond acceptors (Lipinski definition) is 1. The Kier molecular flexibility index (Phi) is 3.14. The molecule has 1 heteroatoms. The molecule has 0 saturated carbocycles. The zero-order valence-electron chi connectivity index (χ0n) is 14.6. The lowest BCUT2D eigenvalue weighted by Gasteiger charge is -2.12. The van der Waals surface area contributed by atoms with E-state index in [1.54, 1.807) is 11.3 Å². The summed E-state index contributed by atoms with van der Waals surface area (Å²) >= 11 is 1.80. The highest BCUT2D eigenvalue weighted by molar-refractivity contribution is 7.17. The predicted molar refractivity (Wildman–Crippen MR) is 120 cm³/mol. The molecule has 6 rings (SSSR count). The van der Waals surface area contributed by atoms with Crippen LogP contribution < -0.4 is 0 Å². The van der Waals surface area contributed by atoms with Crippen molar-refractivity contribution in [2.45, 2.75) is 0 Å². The average Bonchev–Trinajstić information content (AvgIpc) is 3.21. The van der Waals surface area contributed by atoms with E-state index in [0.717, 1.165) is 0 Å². The van der Waals surface area contributed by atoms with Gasteiger partial charge in [-0.05, 0) is 72.4 Å². The lowest BCUT2D eigenvalue weighted by atomic mass is 9.92. The Hall–Kier alpha value is -3.16. The maximum atomic E-state index is 2.36. The van der Waals surface area contributed by atoms with Crippen LogP contribution in [-0.4, -0.2) is 0 Å². The first kappa shape index (κ1) is 15.0. The second-order valence-corrected chi connectivity index (χ2v) is 7.97. The van der Waals surface area contributed by atoms with Crippen LogP contribution in [0.15, 0.2) is 96.4 Å². The molecular weight excluding hydrogens is 344 g/mol. The first-order valence-electron chi connectivity index (χ1n) is 9.19. The summed E-state index contributed by atoms with van der Waals surface area (Å²) in [5.74, 6) is 0.